The average molecular weight is 435 g/mol. The van der Waals surface area contributed by atoms with Crippen LogP contribution in [0.2, 0.25) is 0 Å². The third-order valence-electron chi connectivity index (χ3n) is 3.46. The van der Waals surface area contributed by atoms with E-state index in [-0.39, 0.29) is 11.8 Å². The van der Waals surface area contributed by atoms with E-state index in [9.17, 15) is 14.9 Å². The van der Waals surface area contributed by atoms with Crippen LogP contribution in [-0.2, 0) is 12.3 Å². The normalized spacial score (nSPS) is 11.6. The van der Waals surface area contributed by atoms with Crippen molar-refractivity contribution >= 4 is 50.2 Å². The minimum Gasteiger partial charge on any atom is -0.494 e. The van der Waals surface area contributed by atoms with Gasteiger partial charge in [0.25, 0.3) is 5.24 Å². The van der Waals surface area contributed by atoms with Gasteiger partial charge >= 0.3 is 5.95 Å². The second-order valence-corrected chi connectivity index (χ2v) is 7.77. The largest absolute Gasteiger partial charge is 0.494 e. The van der Waals surface area contributed by atoms with Gasteiger partial charge in [0, 0.05) is 5.10 Å². The topological polar surface area (TPSA) is 137 Å². The van der Waals surface area contributed by atoms with Gasteiger partial charge in [-0.3, -0.25) is 4.79 Å². The summed E-state index contributed by atoms with van der Waals surface area (Å²) in [5.41, 5.74) is 3.82. The van der Waals surface area contributed by atoms with E-state index in [0.29, 0.717) is 18.1 Å². The SMILES string of the molecule is CCOc1ccc2nc(CSC(=O)N/N=C(/C)Cn3cnc([N+](=O)[O-])n3)sc2c1. The van der Waals surface area contributed by atoms with Crippen LogP contribution in [0.25, 0.3) is 10.2 Å². The maximum absolute atomic E-state index is 12.0. The van der Waals surface area contributed by atoms with Crippen molar-refractivity contribution in [1.29, 1.82) is 0 Å². The molecule has 0 radical (unpaired) electrons. The number of carbonyl (C=O) groups excluding carboxylic acids is 1. The molecule has 0 bridgehead atoms. The van der Waals surface area contributed by atoms with Crippen LogP contribution < -0.4 is 10.2 Å². The Morgan fingerprint density at radius 1 is 1.48 bits per heavy atom. The van der Waals surface area contributed by atoms with Gasteiger partial charge in [-0.05, 0) is 37.0 Å². The first-order valence-corrected chi connectivity index (χ1v) is 10.3. The van der Waals surface area contributed by atoms with Crippen LogP contribution in [0.3, 0.4) is 0 Å². The Bertz CT molecular complexity index is 1060. The summed E-state index contributed by atoms with van der Waals surface area (Å²) in [5, 5.41) is 18.7. The number of hydrazone groups is 1. The van der Waals surface area contributed by atoms with Crippen LogP contribution >= 0.6 is 23.1 Å². The molecule has 0 spiro atoms. The second-order valence-electron chi connectivity index (χ2n) is 5.70. The molecule has 0 aliphatic rings. The van der Waals surface area contributed by atoms with E-state index in [0.717, 1.165) is 32.7 Å². The van der Waals surface area contributed by atoms with Gasteiger partial charge in [0.1, 0.15) is 10.8 Å². The Balaban J connectivity index is 1.50. The Labute approximate surface area is 173 Å². The highest BCUT2D eigenvalue weighted by Gasteiger charge is 2.13. The molecule has 29 heavy (non-hydrogen) atoms. The maximum atomic E-state index is 12.0. The molecule has 0 saturated heterocycles. The fourth-order valence-electron chi connectivity index (χ4n) is 2.29. The first-order valence-electron chi connectivity index (χ1n) is 8.46. The van der Waals surface area contributed by atoms with Crippen molar-refractivity contribution in [1.82, 2.24) is 25.2 Å². The molecule has 0 aliphatic carbocycles. The van der Waals surface area contributed by atoms with Gasteiger partial charge in [0.05, 0.1) is 34.8 Å². The number of nitrogens with zero attached hydrogens (tertiary/aromatic N) is 6. The number of carbonyl (C=O) groups is 1. The third kappa shape index (κ3) is 5.71. The quantitative estimate of drug-likeness (QED) is 0.323. The number of aromatic nitrogens is 4. The summed E-state index contributed by atoms with van der Waals surface area (Å²) in [4.78, 5) is 30.0. The molecule has 0 aliphatic heterocycles. The van der Waals surface area contributed by atoms with Crippen LogP contribution in [0, 0.1) is 10.1 Å². The number of fused-ring (bicyclic) bond motifs is 1. The number of benzene rings is 1. The van der Waals surface area contributed by atoms with E-state index in [1.165, 1.54) is 22.3 Å². The van der Waals surface area contributed by atoms with Crippen molar-refractivity contribution in [3.8, 4) is 5.75 Å². The van der Waals surface area contributed by atoms with E-state index >= 15 is 0 Å². The number of amides is 1. The maximum Gasteiger partial charge on any atom is 0.490 e. The summed E-state index contributed by atoms with van der Waals surface area (Å²) in [6.45, 7) is 4.37. The monoisotopic (exact) mass is 435 g/mol. The Hall–Kier alpha value is -3.06. The van der Waals surface area contributed by atoms with Gasteiger partial charge in [0.2, 0.25) is 6.33 Å². The molecule has 1 aromatic carbocycles. The summed E-state index contributed by atoms with van der Waals surface area (Å²) < 4.78 is 7.76. The van der Waals surface area contributed by atoms with Crippen LogP contribution in [0.1, 0.15) is 18.9 Å². The zero-order valence-corrected chi connectivity index (χ0v) is 17.2. The van der Waals surface area contributed by atoms with Crippen molar-refractivity contribution in [2.75, 3.05) is 6.61 Å². The number of ether oxygens (including phenoxy) is 1. The lowest BCUT2D eigenvalue weighted by atomic mass is 10.3. The number of rotatable bonds is 8. The Morgan fingerprint density at radius 3 is 3.03 bits per heavy atom. The first kappa shape index (κ1) is 20.7. The van der Waals surface area contributed by atoms with Gasteiger partial charge < -0.3 is 14.9 Å². The fourth-order valence-corrected chi connectivity index (χ4v) is 3.92. The average Bonchev–Trinajstić information content (AvgIpc) is 3.31. The summed E-state index contributed by atoms with van der Waals surface area (Å²) >= 11 is 2.56. The number of nitro groups is 1. The zero-order chi connectivity index (χ0) is 20.8. The highest BCUT2D eigenvalue weighted by atomic mass is 32.2. The molecule has 1 N–H and O–H groups in total. The van der Waals surface area contributed by atoms with Crippen molar-refractivity contribution < 1.29 is 14.5 Å². The van der Waals surface area contributed by atoms with Crippen molar-refractivity contribution in [2.45, 2.75) is 26.1 Å². The first-order chi connectivity index (χ1) is 13.9. The van der Waals surface area contributed by atoms with E-state index in [4.69, 9.17) is 4.74 Å². The molecule has 1 amide bonds. The molecular weight excluding hydrogens is 418 g/mol. The highest BCUT2D eigenvalue weighted by molar-refractivity contribution is 8.12. The molecular formula is C16H17N7O4S2. The molecule has 0 unspecified atom stereocenters. The van der Waals surface area contributed by atoms with Crippen molar-refractivity contribution in [2.24, 2.45) is 5.10 Å². The molecule has 3 rings (SSSR count). The lowest BCUT2D eigenvalue weighted by molar-refractivity contribution is -0.394. The second kappa shape index (κ2) is 9.43. The number of hydrogen-bond donors (Lipinski definition) is 1. The van der Waals surface area contributed by atoms with Gasteiger partial charge in [-0.1, -0.05) is 16.7 Å². The molecule has 0 saturated carbocycles. The number of nitrogens with one attached hydrogen (secondary N) is 1. The minimum absolute atomic E-state index is 0.172. The smallest absolute Gasteiger partial charge is 0.490 e. The van der Waals surface area contributed by atoms with Crippen LogP contribution in [0.4, 0.5) is 10.7 Å². The summed E-state index contributed by atoms with van der Waals surface area (Å²) in [6, 6.07) is 5.70. The Morgan fingerprint density at radius 2 is 2.31 bits per heavy atom. The van der Waals surface area contributed by atoms with Crippen molar-refractivity contribution in [3.63, 3.8) is 0 Å². The van der Waals surface area contributed by atoms with E-state index in [2.05, 4.69) is 25.6 Å². The summed E-state index contributed by atoms with van der Waals surface area (Å²) in [7, 11) is 0. The molecule has 0 atom stereocenters. The molecule has 152 valence electrons. The molecule has 13 heteroatoms. The van der Waals surface area contributed by atoms with E-state index < -0.39 is 10.9 Å². The molecule has 2 heterocycles. The number of thiazole rings is 1. The predicted molar refractivity (Wildman–Crippen MR) is 110 cm³/mol. The molecule has 0 fully saturated rings. The lowest BCUT2D eigenvalue weighted by Crippen LogP contribution is -2.17. The van der Waals surface area contributed by atoms with Crippen molar-refractivity contribution in [3.05, 3.63) is 39.6 Å². The van der Waals surface area contributed by atoms with Crippen LogP contribution in [0.5, 0.6) is 5.75 Å². The van der Waals surface area contributed by atoms with Crippen LogP contribution in [0.15, 0.2) is 29.6 Å². The van der Waals surface area contributed by atoms with Gasteiger partial charge in [-0.25, -0.2) is 10.4 Å². The van der Waals surface area contributed by atoms with Gasteiger partial charge in [0.15, 0.2) is 0 Å². The minimum atomic E-state index is -0.679. The zero-order valence-electron chi connectivity index (χ0n) is 15.6. The fraction of sp³-hybridized carbons (Fsp3) is 0.312. The number of thioether (sulfide) groups is 1. The van der Waals surface area contributed by atoms with E-state index in [1.807, 2.05) is 25.1 Å². The summed E-state index contributed by atoms with van der Waals surface area (Å²) in [6.07, 6.45) is 1.23. The van der Waals surface area contributed by atoms with Gasteiger partial charge in [-0.15, -0.1) is 11.3 Å². The highest BCUT2D eigenvalue weighted by Crippen LogP contribution is 2.28. The number of hydrogen-bond acceptors (Lipinski definition) is 10. The van der Waals surface area contributed by atoms with Crippen LogP contribution in [-0.4, -0.2) is 42.2 Å². The lowest BCUT2D eigenvalue weighted by Gasteiger charge is -2.00. The predicted octanol–water partition coefficient (Wildman–Crippen LogP) is 3.21. The molecule has 11 nitrogen and oxygen atoms in total. The van der Waals surface area contributed by atoms with E-state index in [1.54, 1.807) is 6.92 Å². The third-order valence-corrected chi connectivity index (χ3v) is 5.43. The molecule has 2 aromatic heterocycles. The van der Waals surface area contributed by atoms with Gasteiger partial charge in [-0.2, -0.15) is 9.78 Å². The Kier molecular flexibility index (Phi) is 6.72. The molecule has 3 aromatic rings. The standard InChI is InChI=1S/C16H17N7O4S2/c1-3-27-11-4-5-12-13(6-11)29-14(18-12)8-28-16(24)20-19-10(2)7-22-9-17-15(21-22)23(25)26/h4-6,9H,3,7-8H2,1-2H3,(H,20,24)/b19-10-. The summed E-state index contributed by atoms with van der Waals surface area (Å²) in [5.74, 6) is 0.726.